The van der Waals surface area contributed by atoms with Crippen molar-refractivity contribution in [2.45, 2.75) is 69.7 Å². The van der Waals surface area contributed by atoms with Gasteiger partial charge in [0.1, 0.15) is 4.90 Å². The quantitative estimate of drug-likeness (QED) is 0.641. The molecular weight excluding hydrogens is 450 g/mol. The fraction of sp³-hybridized carbons (Fsp3) is 0.652. The first-order valence-corrected chi connectivity index (χ1v) is 13.5. The van der Waals surface area contributed by atoms with E-state index in [0.29, 0.717) is 44.6 Å². The normalized spacial score (nSPS) is 18.7. The summed E-state index contributed by atoms with van der Waals surface area (Å²) in [5, 5.41) is 3.28. The third-order valence-corrected chi connectivity index (χ3v) is 9.14. The maximum atomic E-state index is 13.1. The average molecular weight is 484 g/mol. The third kappa shape index (κ3) is 5.64. The standard InChI is InChI=1S/C23H34ClN3O4S/c1-3-27(4-2)32(30,31)21-16-18(10-11-20(21)24)23(29)26-14-12-19(13-15-26)25-22(28)17-8-6-5-7-9-17/h10-11,16-17,19H,3-9,12-15H2,1-2H3,(H,25,28). The van der Waals surface area contributed by atoms with Gasteiger partial charge >= 0.3 is 0 Å². The highest BCUT2D eigenvalue weighted by atomic mass is 35.5. The second-order valence-electron chi connectivity index (χ2n) is 8.64. The van der Waals surface area contributed by atoms with Crippen molar-refractivity contribution in [2.24, 2.45) is 5.92 Å². The minimum atomic E-state index is -3.77. The van der Waals surface area contributed by atoms with Gasteiger partial charge in [-0.15, -0.1) is 0 Å². The minimum absolute atomic E-state index is 0.0386. The van der Waals surface area contributed by atoms with E-state index in [-0.39, 0.29) is 33.7 Å². The predicted octanol–water partition coefficient (Wildman–Crippen LogP) is 3.67. The Bertz CT molecular complexity index is 919. The summed E-state index contributed by atoms with van der Waals surface area (Å²) in [5.74, 6) is 0.0665. The molecule has 0 aromatic heterocycles. The molecule has 1 aromatic carbocycles. The molecule has 0 spiro atoms. The largest absolute Gasteiger partial charge is 0.353 e. The molecule has 9 heteroatoms. The fourth-order valence-corrected chi connectivity index (χ4v) is 6.59. The summed E-state index contributed by atoms with van der Waals surface area (Å²) in [6.45, 7) is 5.23. The molecule has 1 aliphatic heterocycles. The van der Waals surface area contributed by atoms with Gasteiger partial charge in [-0.3, -0.25) is 9.59 Å². The average Bonchev–Trinajstić information content (AvgIpc) is 2.80. The molecule has 2 fully saturated rings. The van der Waals surface area contributed by atoms with Crippen molar-refractivity contribution >= 4 is 33.4 Å². The molecule has 178 valence electrons. The highest BCUT2D eigenvalue weighted by molar-refractivity contribution is 7.89. The molecule has 1 heterocycles. The van der Waals surface area contributed by atoms with Crippen LogP contribution in [0.4, 0.5) is 0 Å². The second kappa shape index (κ2) is 11.0. The first-order valence-electron chi connectivity index (χ1n) is 11.7. The maximum absolute atomic E-state index is 13.1. The number of sulfonamides is 1. The van der Waals surface area contributed by atoms with Crippen LogP contribution in [0.5, 0.6) is 0 Å². The Labute approximate surface area is 196 Å². The Hall–Kier alpha value is -1.64. The molecule has 7 nitrogen and oxygen atoms in total. The monoisotopic (exact) mass is 483 g/mol. The van der Waals surface area contributed by atoms with Gasteiger partial charge in [0.2, 0.25) is 15.9 Å². The molecule has 0 radical (unpaired) electrons. The van der Waals surface area contributed by atoms with Gasteiger partial charge in [0, 0.05) is 43.7 Å². The summed E-state index contributed by atoms with van der Waals surface area (Å²) in [5.41, 5.74) is 0.310. The zero-order valence-electron chi connectivity index (χ0n) is 19.0. The molecule has 2 aliphatic rings. The lowest BCUT2D eigenvalue weighted by atomic mass is 9.88. The number of nitrogens with zero attached hydrogens (tertiary/aromatic N) is 2. The molecule has 0 atom stereocenters. The predicted molar refractivity (Wildman–Crippen MR) is 125 cm³/mol. The van der Waals surface area contributed by atoms with Crippen LogP contribution in [0.15, 0.2) is 23.1 Å². The van der Waals surface area contributed by atoms with Crippen LogP contribution in [0.3, 0.4) is 0 Å². The SMILES string of the molecule is CCN(CC)S(=O)(=O)c1cc(C(=O)N2CCC(NC(=O)C3CCCCC3)CC2)ccc1Cl. The van der Waals surface area contributed by atoms with E-state index < -0.39 is 10.0 Å². The number of piperidine rings is 1. The van der Waals surface area contributed by atoms with Crippen LogP contribution in [0, 0.1) is 5.92 Å². The summed E-state index contributed by atoms with van der Waals surface area (Å²) in [7, 11) is -3.77. The lowest BCUT2D eigenvalue weighted by Crippen LogP contribution is -2.48. The lowest BCUT2D eigenvalue weighted by molar-refractivity contribution is -0.126. The Morgan fingerprint density at radius 1 is 1.06 bits per heavy atom. The molecule has 1 saturated carbocycles. The Kier molecular flexibility index (Phi) is 8.58. The first kappa shape index (κ1) is 25.0. The highest BCUT2D eigenvalue weighted by Crippen LogP contribution is 2.27. The first-order chi connectivity index (χ1) is 15.3. The van der Waals surface area contributed by atoms with Crippen LogP contribution in [0.25, 0.3) is 0 Å². The van der Waals surface area contributed by atoms with E-state index >= 15 is 0 Å². The maximum Gasteiger partial charge on any atom is 0.253 e. The van der Waals surface area contributed by atoms with Crippen LogP contribution in [-0.4, -0.2) is 61.7 Å². The molecule has 2 amide bonds. The van der Waals surface area contributed by atoms with Crippen molar-refractivity contribution < 1.29 is 18.0 Å². The number of benzene rings is 1. The second-order valence-corrected chi connectivity index (χ2v) is 11.0. The number of hydrogen-bond acceptors (Lipinski definition) is 4. The summed E-state index contributed by atoms with van der Waals surface area (Å²) in [6, 6.07) is 4.51. The van der Waals surface area contributed by atoms with Crippen molar-refractivity contribution in [3.63, 3.8) is 0 Å². The van der Waals surface area contributed by atoms with Crippen molar-refractivity contribution in [2.75, 3.05) is 26.2 Å². The van der Waals surface area contributed by atoms with Gasteiger partial charge in [0.15, 0.2) is 0 Å². The number of carbonyl (C=O) groups is 2. The molecule has 3 rings (SSSR count). The minimum Gasteiger partial charge on any atom is -0.353 e. The van der Waals surface area contributed by atoms with E-state index in [1.165, 1.54) is 22.9 Å². The van der Waals surface area contributed by atoms with E-state index in [9.17, 15) is 18.0 Å². The van der Waals surface area contributed by atoms with Crippen LogP contribution in [-0.2, 0) is 14.8 Å². The molecule has 1 aliphatic carbocycles. The van der Waals surface area contributed by atoms with Crippen LogP contribution >= 0.6 is 11.6 Å². The Morgan fingerprint density at radius 3 is 2.28 bits per heavy atom. The smallest absolute Gasteiger partial charge is 0.253 e. The topological polar surface area (TPSA) is 86.8 Å². The van der Waals surface area contributed by atoms with Crippen molar-refractivity contribution in [3.8, 4) is 0 Å². The van der Waals surface area contributed by atoms with Crippen LogP contribution in [0.2, 0.25) is 5.02 Å². The van der Waals surface area contributed by atoms with E-state index in [1.807, 2.05) is 0 Å². The van der Waals surface area contributed by atoms with Gasteiger partial charge in [-0.2, -0.15) is 4.31 Å². The van der Waals surface area contributed by atoms with E-state index in [2.05, 4.69) is 5.32 Å². The van der Waals surface area contributed by atoms with E-state index in [1.54, 1.807) is 24.8 Å². The number of halogens is 1. The summed E-state index contributed by atoms with van der Waals surface area (Å²) in [4.78, 5) is 27.3. The lowest BCUT2D eigenvalue weighted by Gasteiger charge is -2.33. The van der Waals surface area contributed by atoms with Gasteiger partial charge in [0.25, 0.3) is 5.91 Å². The zero-order chi connectivity index (χ0) is 23.3. The van der Waals surface area contributed by atoms with Crippen molar-refractivity contribution in [1.29, 1.82) is 0 Å². The molecule has 1 saturated heterocycles. The van der Waals surface area contributed by atoms with Gasteiger partial charge in [-0.25, -0.2) is 8.42 Å². The third-order valence-electron chi connectivity index (χ3n) is 6.61. The van der Waals surface area contributed by atoms with E-state index in [4.69, 9.17) is 11.6 Å². The summed E-state index contributed by atoms with van der Waals surface area (Å²) >= 11 is 6.19. The van der Waals surface area contributed by atoms with Crippen molar-refractivity contribution in [3.05, 3.63) is 28.8 Å². The fourth-order valence-electron chi connectivity index (χ4n) is 4.63. The van der Waals surface area contributed by atoms with Gasteiger partial charge in [-0.1, -0.05) is 44.7 Å². The van der Waals surface area contributed by atoms with Gasteiger partial charge < -0.3 is 10.2 Å². The van der Waals surface area contributed by atoms with Gasteiger partial charge in [0.05, 0.1) is 5.02 Å². The Balaban J connectivity index is 1.63. The van der Waals surface area contributed by atoms with E-state index in [0.717, 1.165) is 25.7 Å². The number of likely N-dealkylation sites (tertiary alicyclic amines) is 1. The zero-order valence-corrected chi connectivity index (χ0v) is 20.6. The van der Waals surface area contributed by atoms with Crippen LogP contribution in [0.1, 0.15) is 69.2 Å². The molecule has 32 heavy (non-hydrogen) atoms. The Morgan fingerprint density at radius 2 is 1.69 bits per heavy atom. The molecule has 0 bridgehead atoms. The molecule has 1 aromatic rings. The van der Waals surface area contributed by atoms with Gasteiger partial charge in [-0.05, 0) is 43.9 Å². The number of amides is 2. The molecule has 1 N–H and O–H groups in total. The number of nitrogens with one attached hydrogen (secondary N) is 1. The number of rotatable bonds is 7. The summed E-state index contributed by atoms with van der Waals surface area (Å²) in [6.07, 6.45) is 6.80. The van der Waals surface area contributed by atoms with Crippen LogP contribution < -0.4 is 5.32 Å². The van der Waals surface area contributed by atoms with Crippen molar-refractivity contribution in [1.82, 2.24) is 14.5 Å². The molecule has 0 unspecified atom stereocenters. The highest BCUT2D eigenvalue weighted by Gasteiger charge is 2.30. The number of hydrogen-bond donors (Lipinski definition) is 1. The number of carbonyl (C=O) groups excluding carboxylic acids is 2. The molecular formula is C23H34ClN3O4S. The summed E-state index contributed by atoms with van der Waals surface area (Å²) < 4.78 is 27.2.